The highest BCUT2D eigenvalue weighted by Crippen LogP contribution is 2.11. The minimum absolute atomic E-state index is 0.00849. The molecule has 0 unspecified atom stereocenters. The molecule has 0 radical (unpaired) electrons. The van der Waals surface area contributed by atoms with E-state index < -0.39 is 15.2 Å². The summed E-state index contributed by atoms with van der Waals surface area (Å²) >= 11 is 11.3. The first-order valence-electron chi connectivity index (χ1n) is 6.92. The van der Waals surface area contributed by atoms with Crippen LogP contribution in [0.25, 0.3) is 0 Å². The molecule has 0 rings (SSSR count). The van der Waals surface area contributed by atoms with Gasteiger partial charge in [0.15, 0.2) is 9.84 Å². The van der Waals surface area contributed by atoms with Crippen LogP contribution >= 0.6 is 23.2 Å². The van der Waals surface area contributed by atoms with Gasteiger partial charge in [0, 0.05) is 5.88 Å². The Morgan fingerprint density at radius 1 is 0.944 bits per heavy atom. The number of hydrogen-bond acceptors (Lipinski definition) is 2. The Bertz CT molecular complexity index is 279. The zero-order valence-corrected chi connectivity index (χ0v) is 13.7. The Hall–Kier alpha value is 0.530. The molecule has 0 aliphatic rings. The van der Waals surface area contributed by atoms with Crippen LogP contribution in [0, 0.1) is 0 Å². The van der Waals surface area contributed by atoms with Crippen LogP contribution in [0.1, 0.15) is 58.3 Å². The maximum absolute atomic E-state index is 11.6. The first-order valence-corrected chi connectivity index (χ1v) is 9.71. The fourth-order valence-corrected chi connectivity index (χ4v) is 4.15. The van der Waals surface area contributed by atoms with E-state index >= 15 is 0 Å². The van der Waals surface area contributed by atoms with Gasteiger partial charge in [0.05, 0.1) is 16.9 Å². The lowest BCUT2D eigenvalue weighted by Gasteiger charge is -2.07. The molecule has 0 aromatic carbocycles. The minimum atomic E-state index is -3.01. The van der Waals surface area contributed by atoms with Crippen molar-refractivity contribution in [2.45, 2.75) is 63.7 Å². The molecule has 0 saturated heterocycles. The predicted molar refractivity (Wildman–Crippen MR) is 81.6 cm³/mol. The lowest BCUT2D eigenvalue weighted by Crippen LogP contribution is -2.20. The van der Waals surface area contributed by atoms with Gasteiger partial charge in [0.25, 0.3) is 0 Å². The summed E-state index contributed by atoms with van der Waals surface area (Å²) in [5.41, 5.74) is 0. The van der Waals surface area contributed by atoms with Gasteiger partial charge in [-0.2, -0.15) is 0 Å². The molecular weight excluding hydrogens is 291 g/mol. The monoisotopic (exact) mass is 316 g/mol. The topological polar surface area (TPSA) is 34.1 Å². The molecule has 5 heteroatoms. The van der Waals surface area contributed by atoms with E-state index in [0.29, 0.717) is 0 Å². The van der Waals surface area contributed by atoms with Gasteiger partial charge in [-0.1, -0.05) is 51.9 Å². The largest absolute Gasteiger partial charge is 0.229 e. The quantitative estimate of drug-likeness (QED) is 0.395. The highest BCUT2D eigenvalue weighted by atomic mass is 35.5. The van der Waals surface area contributed by atoms with Gasteiger partial charge in [0.1, 0.15) is 0 Å². The Kier molecular flexibility index (Phi) is 11.7. The molecule has 18 heavy (non-hydrogen) atoms. The summed E-state index contributed by atoms with van der Waals surface area (Å²) in [4.78, 5) is 0. The van der Waals surface area contributed by atoms with E-state index in [2.05, 4.69) is 6.92 Å². The zero-order chi connectivity index (χ0) is 13.9. The maximum Gasteiger partial charge on any atom is 0.151 e. The number of unbranched alkanes of at least 4 members (excludes halogenated alkanes) is 7. The molecule has 0 aliphatic carbocycles. The van der Waals surface area contributed by atoms with Gasteiger partial charge in [-0.25, -0.2) is 8.42 Å². The number of sulfone groups is 1. The second-order valence-electron chi connectivity index (χ2n) is 4.84. The van der Waals surface area contributed by atoms with Gasteiger partial charge in [0.2, 0.25) is 0 Å². The van der Waals surface area contributed by atoms with Crippen molar-refractivity contribution in [3.8, 4) is 0 Å². The summed E-state index contributed by atoms with van der Waals surface area (Å²) in [5.74, 6) is 0.453. The molecule has 1 atom stereocenters. The van der Waals surface area contributed by atoms with Gasteiger partial charge < -0.3 is 0 Å². The van der Waals surface area contributed by atoms with Gasteiger partial charge in [-0.3, -0.25) is 0 Å². The third-order valence-electron chi connectivity index (χ3n) is 2.91. The second kappa shape index (κ2) is 11.4. The van der Waals surface area contributed by atoms with E-state index in [1.165, 1.54) is 32.1 Å². The predicted octanol–water partition coefficient (Wildman–Crippen LogP) is 4.39. The first-order chi connectivity index (χ1) is 8.52. The van der Waals surface area contributed by atoms with E-state index in [-0.39, 0.29) is 17.4 Å². The SMILES string of the molecule is CCCCCCCCCCS(=O)(=O)C[C@@H](Cl)CCl. The lowest BCUT2D eigenvalue weighted by molar-refractivity contribution is 0.572. The standard InChI is InChI=1S/C13H26Cl2O2S/c1-2-3-4-5-6-7-8-9-10-18(16,17)12-13(15)11-14/h13H,2-12H2,1H3/t13-/m0/s1. The van der Waals surface area contributed by atoms with Gasteiger partial charge in [-0.15, -0.1) is 23.2 Å². The average molecular weight is 317 g/mol. The third-order valence-corrected chi connectivity index (χ3v) is 5.75. The van der Waals surface area contributed by atoms with Crippen molar-refractivity contribution in [1.29, 1.82) is 0 Å². The first kappa shape index (κ1) is 18.5. The van der Waals surface area contributed by atoms with Crippen LogP contribution in [0.15, 0.2) is 0 Å². The van der Waals surface area contributed by atoms with E-state index in [1.54, 1.807) is 0 Å². The average Bonchev–Trinajstić information content (AvgIpc) is 2.31. The van der Waals surface area contributed by atoms with E-state index in [0.717, 1.165) is 19.3 Å². The summed E-state index contributed by atoms with van der Waals surface area (Å²) in [5, 5.41) is -0.453. The molecule has 0 bridgehead atoms. The fourth-order valence-electron chi connectivity index (χ4n) is 1.86. The summed E-state index contributed by atoms with van der Waals surface area (Å²) < 4.78 is 23.3. The summed E-state index contributed by atoms with van der Waals surface area (Å²) in [7, 11) is -3.01. The van der Waals surface area contributed by atoms with Crippen molar-refractivity contribution >= 4 is 33.0 Å². The van der Waals surface area contributed by atoms with Crippen molar-refractivity contribution in [1.82, 2.24) is 0 Å². The molecule has 0 aromatic heterocycles. The Labute approximate surface area is 122 Å². The molecule has 0 spiro atoms. The number of rotatable bonds is 12. The van der Waals surface area contributed by atoms with Crippen molar-refractivity contribution in [2.75, 3.05) is 17.4 Å². The van der Waals surface area contributed by atoms with E-state index in [9.17, 15) is 8.42 Å². The molecule has 0 saturated carbocycles. The van der Waals surface area contributed by atoms with Crippen molar-refractivity contribution in [3.05, 3.63) is 0 Å². The van der Waals surface area contributed by atoms with Crippen LogP contribution in [-0.2, 0) is 9.84 Å². The zero-order valence-electron chi connectivity index (χ0n) is 11.3. The molecule has 0 N–H and O–H groups in total. The van der Waals surface area contributed by atoms with Crippen molar-refractivity contribution in [3.63, 3.8) is 0 Å². The van der Waals surface area contributed by atoms with Crippen molar-refractivity contribution in [2.24, 2.45) is 0 Å². The van der Waals surface area contributed by atoms with Gasteiger partial charge >= 0.3 is 0 Å². The molecule has 0 amide bonds. The highest BCUT2D eigenvalue weighted by molar-refractivity contribution is 7.91. The Morgan fingerprint density at radius 3 is 1.94 bits per heavy atom. The summed E-state index contributed by atoms with van der Waals surface area (Å²) in [6.45, 7) is 2.20. The molecule has 110 valence electrons. The second-order valence-corrected chi connectivity index (χ2v) is 8.00. The molecule has 2 nitrogen and oxygen atoms in total. The normalized spacial score (nSPS) is 13.7. The molecular formula is C13H26Cl2O2S. The maximum atomic E-state index is 11.6. The molecule has 0 fully saturated rings. The number of halogens is 2. The summed E-state index contributed by atoms with van der Waals surface area (Å²) in [6, 6.07) is 0. The minimum Gasteiger partial charge on any atom is -0.229 e. The molecule has 0 aliphatic heterocycles. The van der Waals surface area contributed by atoms with E-state index in [1.807, 2.05) is 0 Å². The van der Waals surface area contributed by atoms with Crippen LogP contribution < -0.4 is 0 Å². The van der Waals surface area contributed by atoms with Crippen LogP contribution in [0.3, 0.4) is 0 Å². The van der Waals surface area contributed by atoms with Crippen molar-refractivity contribution < 1.29 is 8.42 Å². The highest BCUT2D eigenvalue weighted by Gasteiger charge is 2.16. The fraction of sp³-hybridized carbons (Fsp3) is 1.00. The van der Waals surface area contributed by atoms with Crippen LogP contribution in [0.4, 0.5) is 0 Å². The molecule has 0 aromatic rings. The number of hydrogen-bond donors (Lipinski definition) is 0. The lowest BCUT2D eigenvalue weighted by atomic mass is 10.1. The van der Waals surface area contributed by atoms with Crippen LogP contribution in [-0.4, -0.2) is 31.2 Å². The Balaban J connectivity index is 3.47. The summed E-state index contributed by atoms with van der Waals surface area (Å²) in [6.07, 6.45) is 9.26. The smallest absolute Gasteiger partial charge is 0.151 e. The number of alkyl halides is 2. The molecule has 0 heterocycles. The Morgan fingerprint density at radius 2 is 1.44 bits per heavy atom. The van der Waals surface area contributed by atoms with Crippen LogP contribution in [0.5, 0.6) is 0 Å². The van der Waals surface area contributed by atoms with E-state index in [4.69, 9.17) is 23.2 Å². The third kappa shape index (κ3) is 11.6. The van der Waals surface area contributed by atoms with Gasteiger partial charge in [-0.05, 0) is 6.42 Å². The van der Waals surface area contributed by atoms with Crippen LogP contribution in [0.2, 0.25) is 0 Å².